The third-order valence-corrected chi connectivity index (χ3v) is 5.54. The quantitative estimate of drug-likeness (QED) is 0.897. The monoisotopic (exact) mass is 275 g/mol. The van der Waals surface area contributed by atoms with Crippen LogP contribution in [0, 0.1) is 0 Å². The van der Waals surface area contributed by atoms with Crippen LogP contribution in [0.4, 0.5) is 0 Å². The van der Waals surface area contributed by atoms with Crippen LogP contribution in [0.2, 0.25) is 5.02 Å². The van der Waals surface area contributed by atoms with Gasteiger partial charge in [0, 0.05) is 12.1 Å². The van der Waals surface area contributed by atoms with Gasteiger partial charge in [-0.1, -0.05) is 11.6 Å². The second kappa shape index (κ2) is 4.24. The molecule has 2 atom stereocenters. The molecule has 0 heterocycles. The van der Waals surface area contributed by atoms with Crippen molar-refractivity contribution in [3.8, 4) is 0 Å². The lowest BCUT2D eigenvalue weighted by molar-refractivity contribution is 0.173. The van der Waals surface area contributed by atoms with E-state index in [1.807, 2.05) is 0 Å². The third-order valence-electron chi connectivity index (χ3n) is 2.98. The van der Waals surface area contributed by atoms with Gasteiger partial charge in [-0.15, -0.1) is 0 Å². The molecule has 4 nitrogen and oxygen atoms in total. The fraction of sp³-hybridized carbons (Fsp3) is 0.455. The minimum atomic E-state index is -3.38. The average Bonchev–Trinajstić information content (AvgIpc) is 2.92. The molecular weight excluding hydrogens is 262 g/mol. The van der Waals surface area contributed by atoms with Crippen LogP contribution in [0.3, 0.4) is 0 Å². The van der Waals surface area contributed by atoms with E-state index >= 15 is 0 Å². The Labute approximate surface area is 106 Å². The number of ether oxygens (including phenoxy) is 1. The van der Waals surface area contributed by atoms with Crippen molar-refractivity contribution in [3.05, 3.63) is 29.3 Å². The van der Waals surface area contributed by atoms with E-state index in [0.29, 0.717) is 11.4 Å². The molecule has 1 fully saturated rings. The van der Waals surface area contributed by atoms with Crippen LogP contribution >= 0.6 is 11.6 Å². The molecule has 1 aliphatic carbocycles. The maximum absolute atomic E-state index is 12.2. The number of hydrogen-bond donors (Lipinski definition) is 1. The van der Waals surface area contributed by atoms with Gasteiger partial charge in [0.15, 0.2) is 9.84 Å². The van der Waals surface area contributed by atoms with Crippen molar-refractivity contribution in [2.45, 2.75) is 22.1 Å². The van der Waals surface area contributed by atoms with Crippen LogP contribution in [-0.4, -0.2) is 32.9 Å². The first-order chi connectivity index (χ1) is 7.90. The minimum Gasteiger partial charge on any atom is -0.383 e. The number of methoxy groups -OCH3 is 1. The second-order valence-corrected chi connectivity index (χ2v) is 6.92. The molecule has 0 radical (unpaired) electrons. The molecule has 2 rings (SSSR count). The van der Waals surface area contributed by atoms with Gasteiger partial charge in [-0.3, -0.25) is 0 Å². The molecule has 0 saturated heterocycles. The van der Waals surface area contributed by atoms with Crippen molar-refractivity contribution in [2.24, 2.45) is 5.73 Å². The Balaban J connectivity index is 2.25. The first kappa shape index (κ1) is 12.8. The molecule has 0 unspecified atom stereocenters. The van der Waals surface area contributed by atoms with Crippen LogP contribution in [0.1, 0.15) is 6.42 Å². The highest BCUT2D eigenvalue weighted by molar-refractivity contribution is 7.92. The lowest BCUT2D eigenvalue weighted by Gasteiger charge is -2.10. The summed E-state index contributed by atoms with van der Waals surface area (Å²) in [7, 11) is -1.86. The van der Waals surface area contributed by atoms with Gasteiger partial charge in [0.05, 0.1) is 22.3 Å². The zero-order chi connectivity index (χ0) is 12.7. The molecular formula is C11H14ClNO3S. The Morgan fingerprint density at radius 2 is 2.06 bits per heavy atom. The zero-order valence-electron chi connectivity index (χ0n) is 9.39. The molecule has 0 aromatic heterocycles. The van der Waals surface area contributed by atoms with Gasteiger partial charge in [0.1, 0.15) is 0 Å². The molecule has 1 aliphatic rings. The van der Waals surface area contributed by atoms with Gasteiger partial charge in [-0.2, -0.15) is 0 Å². The highest BCUT2D eigenvalue weighted by Crippen LogP contribution is 2.42. The van der Waals surface area contributed by atoms with E-state index in [4.69, 9.17) is 22.1 Å². The molecule has 0 spiro atoms. The number of hydrogen-bond acceptors (Lipinski definition) is 4. The van der Waals surface area contributed by atoms with Gasteiger partial charge in [0.2, 0.25) is 0 Å². The summed E-state index contributed by atoms with van der Waals surface area (Å²) >= 11 is 5.72. The van der Waals surface area contributed by atoms with Crippen LogP contribution < -0.4 is 5.73 Å². The summed E-state index contributed by atoms with van der Waals surface area (Å²) in [4.78, 5) is 0.260. The molecule has 1 saturated carbocycles. The normalized spacial score (nSPS) is 28.1. The Morgan fingerprint density at radius 3 is 2.59 bits per heavy atom. The van der Waals surface area contributed by atoms with Crippen molar-refractivity contribution in [2.75, 3.05) is 13.7 Å². The van der Waals surface area contributed by atoms with E-state index in [-0.39, 0.29) is 11.5 Å². The van der Waals surface area contributed by atoms with Gasteiger partial charge >= 0.3 is 0 Å². The number of rotatable bonds is 4. The van der Waals surface area contributed by atoms with E-state index < -0.39 is 20.6 Å². The molecule has 0 amide bonds. The standard InChI is InChI=1S/C11H14ClNO3S/c1-16-7-11(13)6-10(11)17(14,15)9-4-2-8(12)3-5-9/h2-5,10H,6-7,13H2,1H3/t10-,11+/m0/s1. The first-order valence-corrected chi connectivity index (χ1v) is 7.10. The lowest BCUT2D eigenvalue weighted by atomic mass is 10.3. The van der Waals surface area contributed by atoms with E-state index in [1.165, 1.54) is 19.2 Å². The highest BCUT2D eigenvalue weighted by Gasteiger charge is 2.59. The first-order valence-electron chi connectivity index (χ1n) is 5.17. The topological polar surface area (TPSA) is 69.4 Å². The SMILES string of the molecule is COC[C@]1(N)C[C@@H]1S(=O)(=O)c1ccc(Cl)cc1. The van der Waals surface area contributed by atoms with E-state index in [0.717, 1.165) is 0 Å². The largest absolute Gasteiger partial charge is 0.383 e. The molecule has 17 heavy (non-hydrogen) atoms. The smallest absolute Gasteiger partial charge is 0.183 e. The summed E-state index contributed by atoms with van der Waals surface area (Å²) < 4.78 is 29.4. The fourth-order valence-corrected chi connectivity index (χ4v) is 4.10. The Hall–Kier alpha value is -0.620. The Kier molecular flexibility index (Phi) is 3.20. The van der Waals surface area contributed by atoms with E-state index in [1.54, 1.807) is 12.1 Å². The number of halogens is 1. The summed E-state index contributed by atoms with van der Waals surface area (Å²) in [6, 6.07) is 6.13. The second-order valence-electron chi connectivity index (χ2n) is 4.36. The third kappa shape index (κ3) is 2.33. The van der Waals surface area contributed by atoms with Crippen molar-refractivity contribution in [3.63, 3.8) is 0 Å². The van der Waals surface area contributed by atoms with Crippen LogP contribution in [0.25, 0.3) is 0 Å². The van der Waals surface area contributed by atoms with Crippen LogP contribution in [-0.2, 0) is 14.6 Å². The number of sulfone groups is 1. The summed E-state index contributed by atoms with van der Waals surface area (Å²) in [6.45, 7) is 0.254. The van der Waals surface area contributed by atoms with Crippen molar-refractivity contribution >= 4 is 21.4 Å². The van der Waals surface area contributed by atoms with Gasteiger partial charge in [-0.25, -0.2) is 8.42 Å². The van der Waals surface area contributed by atoms with E-state index in [9.17, 15) is 8.42 Å². The summed E-state index contributed by atoms with van der Waals surface area (Å²) in [5.41, 5.74) is 5.18. The molecule has 0 aliphatic heterocycles. The molecule has 6 heteroatoms. The average molecular weight is 276 g/mol. The fourth-order valence-electron chi connectivity index (χ4n) is 1.91. The van der Waals surface area contributed by atoms with Crippen molar-refractivity contribution in [1.82, 2.24) is 0 Å². The number of benzene rings is 1. The lowest BCUT2D eigenvalue weighted by Crippen LogP contribution is -2.35. The van der Waals surface area contributed by atoms with Gasteiger partial charge < -0.3 is 10.5 Å². The molecule has 0 bridgehead atoms. The highest BCUT2D eigenvalue weighted by atomic mass is 35.5. The van der Waals surface area contributed by atoms with Crippen molar-refractivity contribution in [1.29, 1.82) is 0 Å². The molecule has 94 valence electrons. The summed E-state index contributed by atoms with van der Waals surface area (Å²) in [5, 5.41) is -0.0493. The molecule has 1 aromatic carbocycles. The molecule has 2 N–H and O–H groups in total. The molecule has 1 aromatic rings. The van der Waals surface area contributed by atoms with Crippen LogP contribution in [0.5, 0.6) is 0 Å². The predicted octanol–water partition coefficient (Wildman–Crippen LogP) is 1.23. The Morgan fingerprint density at radius 1 is 1.47 bits per heavy atom. The Bertz CT molecular complexity index is 514. The van der Waals surface area contributed by atoms with Crippen molar-refractivity contribution < 1.29 is 13.2 Å². The van der Waals surface area contributed by atoms with Crippen LogP contribution in [0.15, 0.2) is 29.2 Å². The maximum Gasteiger partial charge on any atom is 0.183 e. The van der Waals surface area contributed by atoms with Gasteiger partial charge in [0.25, 0.3) is 0 Å². The predicted molar refractivity (Wildman–Crippen MR) is 65.8 cm³/mol. The van der Waals surface area contributed by atoms with Gasteiger partial charge in [-0.05, 0) is 30.7 Å². The number of nitrogens with two attached hydrogens (primary N) is 1. The summed E-state index contributed by atoms with van der Waals surface area (Å²) in [6.07, 6.45) is 0.436. The van der Waals surface area contributed by atoms with E-state index in [2.05, 4.69) is 0 Å². The summed E-state index contributed by atoms with van der Waals surface area (Å²) in [5.74, 6) is 0. The minimum absolute atomic E-state index is 0.254. The zero-order valence-corrected chi connectivity index (χ0v) is 11.0. The maximum atomic E-state index is 12.2.